The molecule has 1 N–H and O–H groups in total. The van der Waals surface area contributed by atoms with Crippen molar-refractivity contribution < 1.29 is 9.13 Å². The van der Waals surface area contributed by atoms with Crippen LogP contribution in [0.5, 0.6) is 11.6 Å². The van der Waals surface area contributed by atoms with Gasteiger partial charge in [-0.05, 0) is 41.2 Å². The van der Waals surface area contributed by atoms with Crippen molar-refractivity contribution in [3.63, 3.8) is 0 Å². The molecule has 18 heavy (non-hydrogen) atoms. The fourth-order valence-electron chi connectivity index (χ4n) is 1.36. The minimum absolute atomic E-state index is 0.336. The van der Waals surface area contributed by atoms with Crippen LogP contribution in [0.3, 0.4) is 0 Å². The molecule has 0 saturated carbocycles. The topological polar surface area (TPSA) is 47.0 Å². The average molecular weight is 312 g/mol. The Morgan fingerprint density at radius 3 is 2.94 bits per heavy atom. The van der Waals surface area contributed by atoms with E-state index in [9.17, 15) is 4.39 Å². The zero-order valence-corrected chi connectivity index (χ0v) is 11.2. The van der Waals surface area contributed by atoms with Crippen LogP contribution in [-0.2, 0) is 6.54 Å². The van der Waals surface area contributed by atoms with Gasteiger partial charge in [0.25, 0.3) is 0 Å². The lowest BCUT2D eigenvalue weighted by Gasteiger charge is -2.06. The lowest BCUT2D eigenvalue weighted by molar-refractivity contribution is 0.454. The van der Waals surface area contributed by atoms with Gasteiger partial charge in [-0.25, -0.2) is 9.37 Å². The molecule has 0 radical (unpaired) electrons. The van der Waals surface area contributed by atoms with Gasteiger partial charge < -0.3 is 10.1 Å². The molecule has 0 spiro atoms. The normalized spacial score (nSPS) is 10.4. The van der Waals surface area contributed by atoms with E-state index in [0.717, 1.165) is 5.69 Å². The van der Waals surface area contributed by atoms with Crippen LogP contribution in [0.15, 0.2) is 35.1 Å². The summed E-state index contributed by atoms with van der Waals surface area (Å²) in [5, 5.41) is 2.98. The van der Waals surface area contributed by atoms with Crippen molar-refractivity contribution >= 4 is 15.9 Å². The predicted molar refractivity (Wildman–Crippen MR) is 69.0 cm³/mol. The van der Waals surface area contributed by atoms with Crippen LogP contribution < -0.4 is 10.1 Å². The van der Waals surface area contributed by atoms with Crippen LogP contribution in [0.25, 0.3) is 0 Å². The first-order valence-corrected chi connectivity index (χ1v) is 6.07. The minimum Gasteiger partial charge on any atom is -0.437 e. The van der Waals surface area contributed by atoms with Crippen LogP contribution in [0.4, 0.5) is 4.39 Å². The summed E-state index contributed by atoms with van der Waals surface area (Å²) in [4.78, 5) is 8.28. The first kappa shape index (κ1) is 12.9. The number of aromatic nitrogens is 2. The molecule has 4 nitrogen and oxygen atoms in total. The van der Waals surface area contributed by atoms with Crippen molar-refractivity contribution in [3.8, 4) is 11.6 Å². The third-order valence-electron chi connectivity index (χ3n) is 2.13. The Balaban J connectivity index is 2.17. The summed E-state index contributed by atoms with van der Waals surface area (Å²) in [6, 6.07) is 4.40. The van der Waals surface area contributed by atoms with Crippen molar-refractivity contribution in [2.75, 3.05) is 7.05 Å². The highest BCUT2D eigenvalue weighted by Gasteiger charge is 2.04. The molecule has 0 atom stereocenters. The molecule has 0 bridgehead atoms. The SMILES string of the molecule is CNCc1cncc(Oc2ccc(F)c(Br)c2)n1. The van der Waals surface area contributed by atoms with Crippen molar-refractivity contribution in [1.82, 2.24) is 15.3 Å². The number of hydrogen-bond acceptors (Lipinski definition) is 4. The molecule has 0 aliphatic carbocycles. The van der Waals surface area contributed by atoms with Gasteiger partial charge in [0.15, 0.2) is 0 Å². The fraction of sp³-hybridized carbons (Fsp3) is 0.167. The van der Waals surface area contributed by atoms with E-state index in [4.69, 9.17) is 4.74 Å². The van der Waals surface area contributed by atoms with E-state index < -0.39 is 0 Å². The van der Waals surface area contributed by atoms with E-state index in [2.05, 4.69) is 31.2 Å². The smallest absolute Gasteiger partial charge is 0.238 e. The largest absolute Gasteiger partial charge is 0.437 e. The van der Waals surface area contributed by atoms with E-state index in [-0.39, 0.29) is 5.82 Å². The Kier molecular flexibility index (Phi) is 4.22. The van der Waals surface area contributed by atoms with Crippen LogP contribution in [-0.4, -0.2) is 17.0 Å². The molecule has 0 fully saturated rings. The van der Waals surface area contributed by atoms with Gasteiger partial charge in [-0.2, -0.15) is 0 Å². The summed E-state index contributed by atoms with van der Waals surface area (Å²) < 4.78 is 18.9. The number of nitrogens with one attached hydrogen (secondary N) is 1. The quantitative estimate of drug-likeness (QED) is 0.943. The third-order valence-corrected chi connectivity index (χ3v) is 2.74. The monoisotopic (exact) mass is 311 g/mol. The summed E-state index contributed by atoms with van der Waals surface area (Å²) in [6.07, 6.45) is 3.17. The van der Waals surface area contributed by atoms with E-state index in [1.54, 1.807) is 12.3 Å². The van der Waals surface area contributed by atoms with Crippen molar-refractivity contribution in [2.24, 2.45) is 0 Å². The van der Waals surface area contributed by atoms with Gasteiger partial charge in [0, 0.05) is 12.7 Å². The molecule has 0 saturated heterocycles. The Bertz CT molecular complexity index is 551. The van der Waals surface area contributed by atoms with E-state index in [0.29, 0.717) is 22.6 Å². The van der Waals surface area contributed by atoms with Crippen LogP contribution in [0, 0.1) is 5.82 Å². The van der Waals surface area contributed by atoms with Gasteiger partial charge in [-0.1, -0.05) is 0 Å². The highest BCUT2D eigenvalue weighted by molar-refractivity contribution is 9.10. The van der Waals surface area contributed by atoms with Crippen LogP contribution in [0.2, 0.25) is 0 Å². The second-order valence-corrected chi connectivity index (χ2v) is 4.41. The maximum Gasteiger partial charge on any atom is 0.238 e. The number of ether oxygens (including phenoxy) is 1. The number of benzene rings is 1. The third kappa shape index (κ3) is 3.24. The summed E-state index contributed by atoms with van der Waals surface area (Å²) >= 11 is 3.10. The molecule has 0 aliphatic heterocycles. The predicted octanol–water partition coefficient (Wildman–Crippen LogP) is 2.89. The number of rotatable bonds is 4. The summed E-state index contributed by atoms with van der Waals surface area (Å²) in [5.41, 5.74) is 0.774. The van der Waals surface area contributed by atoms with Crippen LogP contribution >= 0.6 is 15.9 Å². The van der Waals surface area contributed by atoms with Crippen molar-refractivity contribution in [2.45, 2.75) is 6.54 Å². The zero-order valence-electron chi connectivity index (χ0n) is 9.65. The summed E-state index contributed by atoms with van der Waals surface area (Å²) in [5.74, 6) is 0.540. The van der Waals surface area contributed by atoms with E-state index in [1.807, 2.05) is 7.05 Å². The zero-order chi connectivity index (χ0) is 13.0. The lowest BCUT2D eigenvalue weighted by atomic mass is 10.3. The van der Waals surface area contributed by atoms with E-state index >= 15 is 0 Å². The molecule has 2 rings (SSSR count). The molecule has 0 aliphatic rings. The standard InChI is InChI=1S/C12H11BrFN3O/c1-15-5-8-6-16-7-12(17-8)18-9-2-3-11(14)10(13)4-9/h2-4,6-7,15H,5H2,1H3. The van der Waals surface area contributed by atoms with Gasteiger partial charge in [0.1, 0.15) is 11.6 Å². The van der Waals surface area contributed by atoms with Gasteiger partial charge in [-0.15, -0.1) is 0 Å². The highest BCUT2D eigenvalue weighted by atomic mass is 79.9. The first-order valence-electron chi connectivity index (χ1n) is 5.27. The number of nitrogens with zero attached hydrogens (tertiary/aromatic N) is 2. The molecular weight excluding hydrogens is 301 g/mol. The van der Waals surface area contributed by atoms with Crippen molar-refractivity contribution in [3.05, 3.63) is 46.6 Å². The summed E-state index contributed by atoms with van der Waals surface area (Å²) in [6.45, 7) is 0.608. The number of halogens is 2. The Hall–Kier alpha value is -1.53. The Morgan fingerprint density at radius 1 is 1.39 bits per heavy atom. The Labute approximate surface area is 112 Å². The lowest BCUT2D eigenvalue weighted by Crippen LogP contribution is -2.07. The molecular formula is C12H11BrFN3O. The molecule has 2 aromatic rings. The van der Waals surface area contributed by atoms with E-state index in [1.165, 1.54) is 18.3 Å². The Morgan fingerprint density at radius 2 is 2.22 bits per heavy atom. The maximum absolute atomic E-state index is 13.1. The second kappa shape index (κ2) is 5.88. The maximum atomic E-state index is 13.1. The fourth-order valence-corrected chi connectivity index (χ4v) is 1.72. The molecule has 1 aromatic heterocycles. The van der Waals surface area contributed by atoms with Gasteiger partial charge in [0.2, 0.25) is 5.88 Å². The highest BCUT2D eigenvalue weighted by Crippen LogP contribution is 2.25. The summed E-state index contributed by atoms with van der Waals surface area (Å²) in [7, 11) is 1.83. The number of hydrogen-bond donors (Lipinski definition) is 1. The molecule has 0 unspecified atom stereocenters. The van der Waals surface area contributed by atoms with Gasteiger partial charge >= 0.3 is 0 Å². The molecule has 1 heterocycles. The van der Waals surface area contributed by atoms with Gasteiger partial charge in [0.05, 0.1) is 16.4 Å². The molecule has 0 amide bonds. The second-order valence-electron chi connectivity index (χ2n) is 3.56. The molecule has 94 valence electrons. The molecule has 6 heteroatoms. The molecule has 1 aromatic carbocycles. The van der Waals surface area contributed by atoms with Gasteiger partial charge in [-0.3, -0.25) is 4.98 Å². The minimum atomic E-state index is -0.336. The average Bonchev–Trinajstić information content (AvgIpc) is 2.35. The van der Waals surface area contributed by atoms with Crippen LogP contribution in [0.1, 0.15) is 5.69 Å². The first-order chi connectivity index (χ1) is 8.69. The van der Waals surface area contributed by atoms with Crippen molar-refractivity contribution in [1.29, 1.82) is 0 Å².